The van der Waals surface area contributed by atoms with Gasteiger partial charge in [0.1, 0.15) is 41.8 Å². The quantitative estimate of drug-likeness (QED) is 0.535. The zero-order chi connectivity index (χ0) is 16.7. The van der Waals surface area contributed by atoms with E-state index in [-0.39, 0.29) is 5.82 Å². The summed E-state index contributed by atoms with van der Waals surface area (Å²) in [5.41, 5.74) is 4.36. The van der Waals surface area contributed by atoms with Crippen molar-refractivity contribution in [1.82, 2.24) is 9.38 Å². The van der Waals surface area contributed by atoms with Crippen molar-refractivity contribution < 1.29 is 13.9 Å². The van der Waals surface area contributed by atoms with Crippen LogP contribution in [0.25, 0.3) is 28.1 Å². The van der Waals surface area contributed by atoms with Crippen LogP contribution in [0.3, 0.4) is 0 Å². The molecule has 0 aliphatic heterocycles. The Balaban J connectivity index is 1.89. The van der Waals surface area contributed by atoms with Gasteiger partial charge in [-0.3, -0.25) is 0 Å². The SMILES string of the molecule is C[NH+](C)CC[n+]1c2ccccc2n2cc(-c3ccc(F)cc3)[nH]c21. The largest absolute Gasteiger partial charge is 0.368 e. The fourth-order valence-electron chi connectivity index (χ4n) is 3.13. The van der Waals surface area contributed by atoms with Crippen molar-refractivity contribution in [2.24, 2.45) is 0 Å². The van der Waals surface area contributed by atoms with Crippen LogP contribution in [0.15, 0.2) is 54.7 Å². The van der Waals surface area contributed by atoms with E-state index in [1.165, 1.54) is 28.1 Å². The Labute approximate surface area is 139 Å². The number of halogens is 1. The summed E-state index contributed by atoms with van der Waals surface area (Å²) in [6, 6.07) is 15.0. The van der Waals surface area contributed by atoms with Crippen LogP contribution >= 0.6 is 0 Å². The monoisotopic (exact) mass is 324 g/mol. The van der Waals surface area contributed by atoms with Crippen molar-refractivity contribution in [3.05, 3.63) is 60.5 Å². The molecule has 0 spiro atoms. The number of para-hydroxylation sites is 2. The van der Waals surface area contributed by atoms with Gasteiger partial charge in [-0.15, -0.1) is 0 Å². The van der Waals surface area contributed by atoms with E-state index in [0.717, 1.165) is 30.1 Å². The fourth-order valence-corrected chi connectivity index (χ4v) is 3.13. The second-order valence-corrected chi connectivity index (χ2v) is 6.47. The predicted octanol–water partition coefficient (Wildman–Crippen LogP) is 1.66. The van der Waals surface area contributed by atoms with E-state index in [1.807, 2.05) is 0 Å². The van der Waals surface area contributed by atoms with Crippen LogP contribution in [-0.4, -0.2) is 30.0 Å². The summed E-state index contributed by atoms with van der Waals surface area (Å²) in [6.07, 6.45) is 2.09. The van der Waals surface area contributed by atoms with Crippen LogP contribution in [-0.2, 0) is 6.54 Å². The maximum absolute atomic E-state index is 13.2. The molecule has 0 saturated heterocycles. The van der Waals surface area contributed by atoms with E-state index in [2.05, 4.69) is 58.5 Å². The highest BCUT2D eigenvalue weighted by Gasteiger charge is 2.21. The smallest absolute Gasteiger partial charge is 0.337 e. The normalized spacial score (nSPS) is 11.8. The number of nitrogens with zero attached hydrogens (tertiary/aromatic N) is 2. The zero-order valence-electron chi connectivity index (χ0n) is 13.9. The highest BCUT2D eigenvalue weighted by atomic mass is 19.1. The molecule has 24 heavy (non-hydrogen) atoms. The minimum atomic E-state index is -0.216. The van der Waals surface area contributed by atoms with Crippen LogP contribution in [0, 0.1) is 5.82 Å². The summed E-state index contributed by atoms with van der Waals surface area (Å²) in [6.45, 7) is 1.97. The first kappa shape index (κ1) is 14.9. The predicted molar refractivity (Wildman–Crippen MR) is 92.5 cm³/mol. The molecule has 2 heterocycles. The van der Waals surface area contributed by atoms with Gasteiger partial charge >= 0.3 is 5.78 Å². The fraction of sp³-hybridized carbons (Fsp3) is 0.211. The molecule has 2 N–H and O–H groups in total. The van der Waals surface area contributed by atoms with Gasteiger partial charge in [-0.1, -0.05) is 12.1 Å². The molecule has 0 radical (unpaired) electrons. The van der Waals surface area contributed by atoms with E-state index in [9.17, 15) is 4.39 Å². The van der Waals surface area contributed by atoms with Gasteiger partial charge in [0.15, 0.2) is 0 Å². The summed E-state index contributed by atoms with van der Waals surface area (Å²) in [5.74, 6) is 0.836. The van der Waals surface area contributed by atoms with E-state index in [0.29, 0.717) is 0 Å². The van der Waals surface area contributed by atoms with Crippen molar-refractivity contribution in [2.75, 3.05) is 20.6 Å². The molecule has 0 unspecified atom stereocenters. The van der Waals surface area contributed by atoms with Crippen LogP contribution in [0.1, 0.15) is 0 Å². The molecule has 4 rings (SSSR count). The van der Waals surface area contributed by atoms with Crippen molar-refractivity contribution >= 4 is 16.8 Å². The highest BCUT2D eigenvalue weighted by Crippen LogP contribution is 2.22. The molecule has 2 aromatic heterocycles. The lowest BCUT2D eigenvalue weighted by molar-refractivity contribution is -0.878. The number of likely N-dealkylation sites (N-methyl/N-ethyl adjacent to an activating group) is 1. The Hall–Kier alpha value is -2.66. The lowest BCUT2D eigenvalue weighted by Gasteiger charge is -2.05. The van der Waals surface area contributed by atoms with Crippen molar-refractivity contribution in [3.8, 4) is 11.3 Å². The average molecular weight is 324 g/mol. The van der Waals surface area contributed by atoms with Gasteiger partial charge in [-0.2, -0.15) is 4.40 Å². The first-order chi connectivity index (χ1) is 11.6. The minimum absolute atomic E-state index is 0.216. The Morgan fingerprint density at radius 3 is 2.58 bits per heavy atom. The zero-order valence-corrected chi connectivity index (χ0v) is 13.9. The average Bonchev–Trinajstić information content (AvgIpc) is 3.11. The molecule has 4 nitrogen and oxygen atoms in total. The summed E-state index contributed by atoms with van der Waals surface area (Å²) < 4.78 is 17.7. The standard InChI is InChI=1S/C19H19FN4/c1-22(2)11-12-23-17-5-3-4-6-18(17)24-13-16(21-19(23)24)14-7-9-15(20)10-8-14/h3-10,13H,11-12H2,1-2H3/p+2. The lowest BCUT2D eigenvalue weighted by atomic mass is 10.2. The number of quaternary nitrogens is 1. The molecule has 122 valence electrons. The number of imidazole rings is 2. The third-order valence-corrected chi connectivity index (χ3v) is 4.41. The summed E-state index contributed by atoms with van der Waals surface area (Å²) in [5, 5.41) is 0. The van der Waals surface area contributed by atoms with Crippen LogP contribution < -0.4 is 9.47 Å². The summed E-state index contributed by atoms with van der Waals surface area (Å²) in [4.78, 5) is 4.92. The molecule has 0 fully saturated rings. The number of hydrogen-bond donors (Lipinski definition) is 2. The van der Waals surface area contributed by atoms with Crippen molar-refractivity contribution in [2.45, 2.75) is 6.54 Å². The third kappa shape index (κ3) is 2.47. The second-order valence-electron chi connectivity index (χ2n) is 6.47. The van der Waals surface area contributed by atoms with Crippen LogP contribution in [0.5, 0.6) is 0 Å². The molecule has 0 bridgehead atoms. The first-order valence-corrected chi connectivity index (χ1v) is 8.20. The molecule has 0 atom stereocenters. The second kappa shape index (κ2) is 5.76. The van der Waals surface area contributed by atoms with Gasteiger partial charge in [0.05, 0.1) is 14.1 Å². The van der Waals surface area contributed by atoms with Crippen LogP contribution in [0.2, 0.25) is 0 Å². The van der Waals surface area contributed by atoms with Gasteiger partial charge in [-0.25, -0.2) is 13.9 Å². The number of H-pyrrole nitrogens is 1. The summed E-state index contributed by atoms with van der Waals surface area (Å²) in [7, 11) is 4.32. The van der Waals surface area contributed by atoms with Gasteiger partial charge in [0.25, 0.3) is 0 Å². The Bertz CT molecular complexity index is 995. The van der Waals surface area contributed by atoms with E-state index < -0.39 is 0 Å². The molecule has 4 aromatic rings. The molecule has 2 aromatic carbocycles. The molecule has 0 saturated carbocycles. The number of hydrogen-bond acceptors (Lipinski definition) is 0. The first-order valence-electron chi connectivity index (χ1n) is 8.20. The topological polar surface area (TPSA) is 28.5 Å². The molecule has 0 aliphatic rings. The third-order valence-electron chi connectivity index (χ3n) is 4.41. The minimum Gasteiger partial charge on any atom is -0.337 e. The lowest BCUT2D eigenvalue weighted by Crippen LogP contribution is -3.06. The number of rotatable bonds is 4. The number of aromatic nitrogens is 3. The summed E-state index contributed by atoms with van der Waals surface area (Å²) >= 11 is 0. The molecule has 0 amide bonds. The molecule has 0 aliphatic carbocycles. The molecule has 5 heteroatoms. The molecular weight excluding hydrogens is 303 g/mol. The Morgan fingerprint density at radius 1 is 1.08 bits per heavy atom. The van der Waals surface area contributed by atoms with Gasteiger partial charge < -0.3 is 4.90 Å². The number of nitrogens with one attached hydrogen (secondary N) is 2. The number of fused-ring (bicyclic) bond motifs is 3. The van der Waals surface area contributed by atoms with E-state index in [1.54, 1.807) is 12.1 Å². The Kier molecular flexibility index (Phi) is 3.58. The van der Waals surface area contributed by atoms with Gasteiger partial charge in [-0.05, 0) is 36.4 Å². The van der Waals surface area contributed by atoms with Crippen LogP contribution in [0.4, 0.5) is 4.39 Å². The maximum atomic E-state index is 13.2. The number of benzene rings is 2. The van der Waals surface area contributed by atoms with Crippen molar-refractivity contribution in [3.63, 3.8) is 0 Å². The highest BCUT2D eigenvalue weighted by molar-refractivity contribution is 5.76. The van der Waals surface area contributed by atoms with E-state index >= 15 is 0 Å². The molecular formula is C19H21FN4+2. The maximum Gasteiger partial charge on any atom is 0.368 e. The van der Waals surface area contributed by atoms with E-state index in [4.69, 9.17) is 0 Å². The van der Waals surface area contributed by atoms with Crippen molar-refractivity contribution in [1.29, 1.82) is 0 Å². The van der Waals surface area contributed by atoms with Gasteiger partial charge in [0, 0.05) is 5.56 Å². The van der Waals surface area contributed by atoms with Gasteiger partial charge in [0.2, 0.25) is 0 Å². The Morgan fingerprint density at radius 2 is 1.83 bits per heavy atom. The number of aromatic amines is 1.